The van der Waals surface area contributed by atoms with Crippen LogP contribution in [0.4, 0.5) is 17.2 Å². The number of nitro benzene ring substituents is 1. The summed E-state index contributed by atoms with van der Waals surface area (Å²) < 4.78 is 28.4. The molecule has 0 aliphatic carbocycles. The van der Waals surface area contributed by atoms with E-state index < -0.39 is 14.9 Å². The number of aromatic nitrogens is 2. The number of hydrogen-bond donors (Lipinski definition) is 2. The normalized spacial score (nSPS) is 11.1. The van der Waals surface area contributed by atoms with Gasteiger partial charge in [0, 0.05) is 38.5 Å². The average Bonchev–Trinajstić information content (AvgIpc) is 2.82. The molecule has 0 unspecified atom stereocenters. The van der Waals surface area contributed by atoms with Gasteiger partial charge in [0.15, 0.2) is 5.82 Å². The molecule has 0 bridgehead atoms. The first-order valence-electron chi connectivity index (χ1n) is 5.82. The molecular weight excluding hydrogens is 298 g/mol. The topological polar surface area (TPSA) is 119 Å². The molecule has 0 saturated heterocycles. The van der Waals surface area contributed by atoms with Crippen LogP contribution in [0.3, 0.4) is 0 Å². The Morgan fingerprint density at radius 1 is 1.33 bits per heavy atom. The van der Waals surface area contributed by atoms with Gasteiger partial charge in [0.1, 0.15) is 4.90 Å². The Morgan fingerprint density at radius 3 is 2.57 bits per heavy atom. The fourth-order valence-electron chi connectivity index (χ4n) is 1.72. The maximum Gasteiger partial charge on any atom is 0.270 e. The number of aryl methyl sites for hydroxylation is 1. The third kappa shape index (κ3) is 3.11. The first kappa shape index (κ1) is 14.8. The molecule has 21 heavy (non-hydrogen) atoms. The number of benzene rings is 1. The lowest BCUT2D eigenvalue weighted by molar-refractivity contribution is -0.385. The second kappa shape index (κ2) is 5.40. The van der Waals surface area contributed by atoms with Crippen LogP contribution < -0.4 is 10.0 Å². The van der Waals surface area contributed by atoms with Gasteiger partial charge in [-0.2, -0.15) is 5.10 Å². The van der Waals surface area contributed by atoms with Crippen molar-refractivity contribution in [2.75, 3.05) is 17.1 Å². The predicted octanol–water partition coefficient (Wildman–Crippen LogP) is 1.17. The summed E-state index contributed by atoms with van der Waals surface area (Å²) in [5.41, 5.74) is -0.0561. The van der Waals surface area contributed by atoms with E-state index in [0.29, 0.717) is 0 Å². The number of anilines is 2. The van der Waals surface area contributed by atoms with Gasteiger partial charge in [-0.25, -0.2) is 8.42 Å². The number of nitrogens with one attached hydrogen (secondary N) is 2. The molecule has 2 N–H and O–H groups in total. The zero-order valence-electron chi connectivity index (χ0n) is 11.3. The second-order valence-corrected chi connectivity index (χ2v) is 5.82. The van der Waals surface area contributed by atoms with Gasteiger partial charge in [-0.3, -0.25) is 19.5 Å². The summed E-state index contributed by atoms with van der Waals surface area (Å²) in [5.74, 6) is 0.131. The second-order valence-electron chi connectivity index (χ2n) is 4.17. The van der Waals surface area contributed by atoms with Crippen LogP contribution in [0, 0.1) is 10.1 Å². The molecule has 0 amide bonds. The lowest BCUT2D eigenvalue weighted by Gasteiger charge is -2.10. The van der Waals surface area contributed by atoms with Gasteiger partial charge in [0.05, 0.1) is 10.6 Å². The highest BCUT2D eigenvalue weighted by Crippen LogP contribution is 2.27. The molecule has 0 radical (unpaired) electrons. The van der Waals surface area contributed by atoms with Crippen molar-refractivity contribution in [2.24, 2.45) is 7.05 Å². The molecule has 10 heteroatoms. The molecule has 2 aromatic rings. The molecule has 9 nitrogen and oxygen atoms in total. The van der Waals surface area contributed by atoms with Crippen LogP contribution in [0.15, 0.2) is 35.4 Å². The highest BCUT2D eigenvalue weighted by Gasteiger charge is 2.22. The Kier molecular flexibility index (Phi) is 3.80. The summed E-state index contributed by atoms with van der Waals surface area (Å²) in [6.45, 7) is 0. The van der Waals surface area contributed by atoms with Crippen molar-refractivity contribution in [1.29, 1.82) is 0 Å². The number of rotatable bonds is 5. The minimum Gasteiger partial charge on any atom is -0.387 e. The van der Waals surface area contributed by atoms with Crippen LogP contribution >= 0.6 is 0 Å². The SMILES string of the molecule is CNc1ccc([N+](=O)[O-])cc1S(=O)(=O)Nc1ccn(C)n1. The molecule has 1 heterocycles. The highest BCUT2D eigenvalue weighted by molar-refractivity contribution is 7.92. The van der Waals surface area contributed by atoms with E-state index in [9.17, 15) is 18.5 Å². The molecule has 0 aliphatic heterocycles. The van der Waals surface area contributed by atoms with Gasteiger partial charge in [0.25, 0.3) is 15.7 Å². The summed E-state index contributed by atoms with van der Waals surface area (Å²) in [5, 5.41) is 17.4. The molecule has 0 fully saturated rings. The Bertz CT molecular complexity index is 784. The summed E-state index contributed by atoms with van der Waals surface area (Å²) >= 11 is 0. The van der Waals surface area contributed by atoms with Gasteiger partial charge in [-0.05, 0) is 6.07 Å². The lowest BCUT2D eigenvalue weighted by atomic mass is 10.3. The maximum absolute atomic E-state index is 12.3. The fraction of sp³-hybridized carbons (Fsp3) is 0.182. The van der Waals surface area contributed by atoms with Crippen LogP contribution in [0.25, 0.3) is 0 Å². The van der Waals surface area contributed by atoms with Crippen molar-refractivity contribution < 1.29 is 13.3 Å². The van der Waals surface area contributed by atoms with Crippen molar-refractivity contribution in [2.45, 2.75) is 4.90 Å². The lowest BCUT2D eigenvalue weighted by Crippen LogP contribution is -2.15. The van der Waals surface area contributed by atoms with Crippen molar-refractivity contribution in [3.05, 3.63) is 40.6 Å². The molecule has 112 valence electrons. The van der Waals surface area contributed by atoms with Crippen LogP contribution in [-0.2, 0) is 17.1 Å². The van der Waals surface area contributed by atoms with Gasteiger partial charge < -0.3 is 5.32 Å². The number of non-ortho nitro benzene ring substituents is 1. The van der Waals surface area contributed by atoms with E-state index in [1.165, 1.54) is 29.9 Å². The van der Waals surface area contributed by atoms with Crippen molar-refractivity contribution in [3.63, 3.8) is 0 Å². The summed E-state index contributed by atoms with van der Waals surface area (Å²) in [6, 6.07) is 5.04. The maximum atomic E-state index is 12.3. The smallest absolute Gasteiger partial charge is 0.270 e. The van der Waals surface area contributed by atoms with E-state index in [1.807, 2.05) is 0 Å². The van der Waals surface area contributed by atoms with E-state index in [0.717, 1.165) is 6.07 Å². The molecule has 0 spiro atoms. The minimum atomic E-state index is -3.99. The van der Waals surface area contributed by atoms with Crippen LogP contribution in [0.5, 0.6) is 0 Å². The third-order valence-electron chi connectivity index (χ3n) is 2.69. The first-order chi connectivity index (χ1) is 9.83. The fourth-order valence-corrected chi connectivity index (χ4v) is 2.95. The summed E-state index contributed by atoms with van der Waals surface area (Å²) in [7, 11) is -0.820. The van der Waals surface area contributed by atoms with Gasteiger partial charge in [0.2, 0.25) is 0 Å². The van der Waals surface area contributed by atoms with E-state index in [4.69, 9.17) is 0 Å². The Hall–Kier alpha value is -2.62. The third-order valence-corrected chi connectivity index (χ3v) is 4.08. The van der Waals surface area contributed by atoms with Crippen LogP contribution in [0.1, 0.15) is 0 Å². The van der Waals surface area contributed by atoms with E-state index in [1.54, 1.807) is 13.2 Å². The predicted molar refractivity (Wildman–Crippen MR) is 76.7 cm³/mol. The van der Waals surface area contributed by atoms with Gasteiger partial charge in [-0.1, -0.05) is 0 Å². The van der Waals surface area contributed by atoms with Crippen molar-refractivity contribution in [1.82, 2.24) is 9.78 Å². The zero-order valence-corrected chi connectivity index (χ0v) is 12.1. The van der Waals surface area contributed by atoms with Crippen LogP contribution in [0.2, 0.25) is 0 Å². The quantitative estimate of drug-likeness (QED) is 0.632. The number of sulfonamides is 1. The standard InChI is InChI=1S/C11H13N5O4S/c1-12-9-4-3-8(16(17)18)7-10(9)21(19,20)14-11-5-6-15(2)13-11/h3-7,12H,1-2H3,(H,13,14). The molecule has 1 aromatic carbocycles. The van der Waals surface area contributed by atoms with E-state index >= 15 is 0 Å². The largest absolute Gasteiger partial charge is 0.387 e. The molecule has 0 saturated carbocycles. The molecule has 0 aliphatic rings. The molecule has 2 rings (SSSR count). The zero-order chi connectivity index (χ0) is 15.6. The summed E-state index contributed by atoms with van der Waals surface area (Å²) in [4.78, 5) is 9.92. The Labute approximate surface area is 120 Å². The highest BCUT2D eigenvalue weighted by atomic mass is 32.2. The first-order valence-corrected chi connectivity index (χ1v) is 7.30. The number of hydrogen-bond acceptors (Lipinski definition) is 6. The Morgan fingerprint density at radius 2 is 2.05 bits per heavy atom. The van der Waals surface area contributed by atoms with Crippen LogP contribution in [-0.4, -0.2) is 30.2 Å². The minimum absolute atomic E-state index is 0.131. The van der Waals surface area contributed by atoms with Crippen molar-refractivity contribution >= 4 is 27.2 Å². The average molecular weight is 311 g/mol. The molecule has 0 atom stereocenters. The molecule has 1 aromatic heterocycles. The summed E-state index contributed by atoms with van der Waals surface area (Å²) in [6.07, 6.45) is 1.57. The monoisotopic (exact) mass is 311 g/mol. The van der Waals surface area contributed by atoms with Crippen molar-refractivity contribution in [3.8, 4) is 0 Å². The van der Waals surface area contributed by atoms with E-state index in [2.05, 4.69) is 15.1 Å². The number of nitro groups is 1. The molecular formula is C11H13N5O4S. The number of nitrogens with zero attached hydrogens (tertiary/aromatic N) is 3. The van der Waals surface area contributed by atoms with Gasteiger partial charge in [-0.15, -0.1) is 0 Å². The Balaban J connectivity index is 2.47. The van der Waals surface area contributed by atoms with E-state index in [-0.39, 0.29) is 22.1 Å². The van der Waals surface area contributed by atoms with Gasteiger partial charge >= 0.3 is 0 Å².